The van der Waals surface area contributed by atoms with Gasteiger partial charge in [0.25, 0.3) is 0 Å². The zero-order valence-corrected chi connectivity index (χ0v) is 8.00. The fourth-order valence-electron chi connectivity index (χ4n) is 0.393. The van der Waals surface area contributed by atoms with Gasteiger partial charge >= 0.3 is 7.94 Å². The molecule has 0 aromatic heterocycles. The maximum Gasteiger partial charge on any atom is 0.403 e. The van der Waals surface area contributed by atoms with Crippen LogP contribution in [0.3, 0.4) is 0 Å². The topological polar surface area (TPSA) is 61.7 Å². The summed E-state index contributed by atoms with van der Waals surface area (Å²) in [7, 11) is -0.505. The highest BCUT2D eigenvalue weighted by Gasteiger charge is 2.25. The molecule has 0 bridgehead atoms. The van der Waals surface area contributed by atoms with E-state index in [2.05, 4.69) is 19.1 Å². The van der Waals surface area contributed by atoms with Gasteiger partial charge in [0.1, 0.15) is 13.3 Å². The molecule has 0 aromatic rings. The van der Waals surface area contributed by atoms with Crippen LogP contribution in [0.4, 0.5) is 0 Å². The van der Waals surface area contributed by atoms with Gasteiger partial charge in [0.05, 0.1) is 0 Å². The Morgan fingerprint density at radius 3 is 2.60 bits per heavy atom. The second-order valence-corrected chi connectivity index (χ2v) is 4.21. The fraction of sp³-hybridized carbons (Fsp3) is 1.00. The van der Waals surface area contributed by atoms with Gasteiger partial charge in [-0.3, -0.25) is 0 Å². The lowest BCUT2D eigenvalue weighted by Gasteiger charge is -2.05. The van der Waals surface area contributed by atoms with E-state index < -0.39 is 7.94 Å². The van der Waals surface area contributed by atoms with Gasteiger partial charge in [-0.2, -0.15) is 14.3 Å². The van der Waals surface area contributed by atoms with E-state index in [1.54, 1.807) is 0 Å². The maximum absolute atomic E-state index is 8.73. The standard InChI is InChI=1S/C4H14NO3P2/c1-10(6,7)8-3-2-5-4-9/h5-7H,2-4,9H2,1H3/q+1. The molecule has 0 aromatic carbocycles. The lowest BCUT2D eigenvalue weighted by Crippen LogP contribution is -2.17. The molecule has 1 atom stereocenters. The third-order valence-corrected chi connectivity index (χ3v) is 1.72. The maximum atomic E-state index is 8.73. The molecule has 1 unspecified atom stereocenters. The summed E-state index contributed by atoms with van der Waals surface area (Å²) in [5.41, 5.74) is 0. The monoisotopic (exact) mass is 186 g/mol. The number of nitrogens with one attached hydrogen (secondary N) is 1. The van der Waals surface area contributed by atoms with Gasteiger partial charge in [-0.25, -0.2) is 0 Å². The summed E-state index contributed by atoms with van der Waals surface area (Å²) in [5.74, 6) is 0. The summed E-state index contributed by atoms with van der Waals surface area (Å²) in [6.45, 7) is 2.26. The molecule has 0 aliphatic carbocycles. The van der Waals surface area contributed by atoms with Crippen LogP contribution in [-0.4, -0.2) is 35.9 Å². The van der Waals surface area contributed by atoms with Crippen LogP contribution in [0.2, 0.25) is 0 Å². The zero-order valence-electron chi connectivity index (χ0n) is 5.95. The van der Waals surface area contributed by atoms with Crippen molar-refractivity contribution in [2.24, 2.45) is 0 Å². The molecule has 0 saturated heterocycles. The molecule has 0 aliphatic rings. The van der Waals surface area contributed by atoms with Crippen molar-refractivity contribution in [2.75, 3.05) is 26.1 Å². The second-order valence-electron chi connectivity index (χ2n) is 1.87. The van der Waals surface area contributed by atoms with E-state index in [0.29, 0.717) is 13.2 Å². The molecular formula is C4H14NO3P2+. The van der Waals surface area contributed by atoms with Crippen LogP contribution in [-0.2, 0) is 4.52 Å². The van der Waals surface area contributed by atoms with Crippen molar-refractivity contribution in [2.45, 2.75) is 0 Å². The molecular weight excluding hydrogens is 172 g/mol. The van der Waals surface area contributed by atoms with Crippen molar-refractivity contribution in [3.8, 4) is 0 Å². The van der Waals surface area contributed by atoms with Crippen LogP contribution >= 0.6 is 17.2 Å². The number of hydrogen-bond donors (Lipinski definition) is 3. The molecule has 0 heterocycles. The minimum atomic E-state index is -3.00. The second kappa shape index (κ2) is 5.36. The molecule has 0 radical (unpaired) electrons. The van der Waals surface area contributed by atoms with E-state index in [1.165, 1.54) is 6.66 Å². The highest BCUT2D eigenvalue weighted by atomic mass is 31.2. The van der Waals surface area contributed by atoms with Gasteiger partial charge in [-0.15, -0.1) is 9.24 Å². The summed E-state index contributed by atoms with van der Waals surface area (Å²) < 4.78 is 4.68. The van der Waals surface area contributed by atoms with E-state index in [1.807, 2.05) is 0 Å². The first-order valence-corrected chi connectivity index (χ1v) is 5.81. The first-order valence-electron chi connectivity index (χ1n) is 2.93. The fourth-order valence-corrected chi connectivity index (χ4v) is 1.03. The number of hydrogen-bond acceptors (Lipinski definition) is 4. The van der Waals surface area contributed by atoms with Gasteiger partial charge < -0.3 is 5.32 Å². The summed E-state index contributed by atoms with van der Waals surface area (Å²) in [6.07, 6.45) is 0.787. The Kier molecular flexibility index (Phi) is 5.74. The van der Waals surface area contributed by atoms with Crippen LogP contribution in [0.5, 0.6) is 0 Å². The van der Waals surface area contributed by atoms with Crippen LogP contribution in [0.25, 0.3) is 0 Å². The van der Waals surface area contributed by atoms with E-state index >= 15 is 0 Å². The predicted molar refractivity (Wildman–Crippen MR) is 45.8 cm³/mol. The van der Waals surface area contributed by atoms with Crippen molar-refractivity contribution in [1.82, 2.24) is 5.32 Å². The van der Waals surface area contributed by atoms with Crippen LogP contribution in [0, 0.1) is 0 Å². The largest absolute Gasteiger partial charge is 0.403 e. The molecule has 0 aliphatic heterocycles. The van der Waals surface area contributed by atoms with Gasteiger partial charge in [-0.05, 0) is 0 Å². The average Bonchev–Trinajstić information content (AvgIpc) is 1.78. The van der Waals surface area contributed by atoms with Crippen LogP contribution < -0.4 is 5.32 Å². The molecule has 62 valence electrons. The quantitative estimate of drug-likeness (QED) is 0.411. The van der Waals surface area contributed by atoms with Crippen LogP contribution in [0.1, 0.15) is 0 Å². The smallest absolute Gasteiger partial charge is 0.311 e. The van der Waals surface area contributed by atoms with Gasteiger partial charge in [-0.1, -0.05) is 0 Å². The summed E-state index contributed by atoms with van der Waals surface area (Å²) >= 11 is 0. The zero-order chi connectivity index (χ0) is 8.04. The minimum absolute atomic E-state index is 0.339. The summed E-state index contributed by atoms with van der Waals surface area (Å²) in [6, 6.07) is 0. The Hall–Kier alpha value is 0.700. The van der Waals surface area contributed by atoms with E-state index in [-0.39, 0.29) is 0 Å². The molecule has 0 spiro atoms. The number of rotatable bonds is 5. The molecule has 0 rings (SSSR count). The molecule has 0 amide bonds. The van der Waals surface area contributed by atoms with E-state index in [4.69, 9.17) is 9.79 Å². The van der Waals surface area contributed by atoms with Crippen molar-refractivity contribution >= 4 is 17.2 Å². The lowest BCUT2D eigenvalue weighted by atomic mass is 10.7. The third-order valence-electron chi connectivity index (χ3n) is 0.759. The minimum Gasteiger partial charge on any atom is -0.311 e. The van der Waals surface area contributed by atoms with E-state index in [9.17, 15) is 0 Å². The first kappa shape index (κ1) is 10.7. The average molecular weight is 186 g/mol. The van der Waals surface area contributed by atoms with Gasteiger partial charge in [0.2, 0.25) is 0 Å². The van der Waals surface area contributed by atoms with Crippen LogP contribution in [0.15, 0.2) is 0 Å². The Labute approximate surface area is 63.8 Å². The summed E-state index contributed by atoms with van der Waals surface area (Å²) in [5, 5.41) is 2.95. The Morgan fingerprint density at radius 1 is 1.60 bits per heavy atom. The highest BCUT2D eigenvalue weighted by molar-refractivity contribution is 7.58. The molecule has 0 fully saturated rings. The Morgan fingerprint density at radius 2 is 2.20 bits per heavy atom. The third kappa shape index (κ3) is 8.70. The lowest BCUT2D eigenvalue weighted by molar-refractivity contribution is 0.236. The van der Waals surface area contributed by atoms with Gasteiger partial charge in [0, 0.05) is 12.8 Å². The highest BCUT2D eigenvalue weighted by Crippen LogP contribution is 2.45. The molecule has 6 heteroatoms. The van der Waals surface area contributed by atoms with E-state index in [0.717, 1.165) is 6.29 Å². The molecule has 0 saturated carbocycles. The molecule has 4 nitrogen and oxygen atoms in total. The summed E-state index contributed by atoms with van der Waals surface area (Å²) in [4.78, 5) is 17.5. The normalized spacial score (nSPS) is 12.0. The van der Waals surface area contributed by atoms with Gasteiger partial charge in [0.15, 0.2) is 0 Å². The Bertz CT molecular complexity index is 85.1. The predicted octanol–water partition coefficient (Wildman–Crippen LogP) is -0.198. The first-order chi connectivity index (χ1) is 4.56. The molecule has 10 heavy (non-hydrogen) atoms. The van der Waals surface area contributed by atoms with Crippen molar-refractivity contribution in [3.63, 3.8) is 0 Å². The van der Waals surface area contributed by atoms with Crippen molar-refractivity contribution < 1.29 is 14.3 Å². The molecule has 3 N–H and O–H groups in total. The van der Waals surface area contributed by atoms with Crippen molar-refractivity contribution in [1.29, 1.82) is 0 Å². The van der Waals surface area contributed by atoms with Crippen molar-refractivity contribution in [3.05, 3.63) is 0 Å². The SMILES string of the molecule is C[P+](O)(O)OCCNCP. The Balaban J connectivity index is 3.04.